The van der Waals surface area contributed by atoms with Crippen LogP contribution in [0.15, 0.2) is 24.3 Å². The first-order chi connectivity index (χ1) is 9.19. The standard InChI is InChI=1S/C13H16FN3O2/c14-11-2-1-3-12(8-11)15-9-13(19)17-6-4-16(10-18)5-7-17/h1-3,8,10,15H,4-7,9H2. The van der Waals surface area contributed by atoms with E-state index in [4.69, 9.17) is 0 Å². The highest BCUT2D eigenvalue weighted by Gasteiger charge is 2.19. The van der Waals surface area contributed by atoms with E-state index in [1.54, 1.807) is 21.9 Å². The first-order valence-corrected chi connectivity index (χ1v) is 6.15. The SMILES string of the molecule is O=CN1CCN(C(=O)CNc2cccc(F)c2)CC1. The van der Waals surface area contributed by atoms with Gasteiger partial charge < -0.3 is 15.1 Å². The summed E-state index contributed by atoms with van der Waals surface area (Å²) in [4.78, 5) is 25.8. The minimum Gasteiger partial charge on any atom is -0.376 e. The Hall–Kier alpha value is -2.11. The Kier molecular flexibility index (Phi) is 4.33. The first-order valence-electron chi connectivity index (χ1n) is 6.15. The summed E-state index contributed by atoms with van der Waals surface area (Å²) in [6.07, 6.45) is 0.798. The summed E-state index contributed by atoms with van der Waals surface area (Å²) in [5.41, 5.74) is 0.583. The van der Waals surface area contributed by atoms with E-state index in [9.17, 15) is 14.0 Å². The molecule has 1 N–H and O–H groups in total. The van der Waals surface area contributed by atoms with Gasteiger partial charge in [-0.1, -0.05) is 6.07 Å². The van der Waals surface area contributed by atoms with Gasteiger partial charge in [-0.25, -0.2) is 4.39 Å². The molecule has 1 heterocycles. The molecule has 6 heteroatoms. The molecule has 0 atom stereocenters. The molecule has 1 saturated heterocycles. The molecule has 0 unspecified atom stereocenters. The summed E-state index contributed by atoms with van der Waals surface area (Å²) in [5, 5.41) is 2.89. The third-order valence-electron chi connectivity index (χ3n) is 3.08. The number of amides is 2. The Bertz CT molecular complexity index is 459. The third-order valence-corrected chi connectivity index (χ3v) is 3.08. The second-order valence-electron chi connectivity index (χ2n) is 4.39. The molecule has 0 saturated carbocycles. The molecule has 0 radical (unpaired) electrons. The van der Waals surface area contributed by atoms with E-state index in [1.165, 1.54) is 12.1 Å². The second kappa shape index (κ2) is 6.17. The maximum atomic E-state index is 13.0. The van der Waals surface area contributed by atoms with E-state index >= 15 is 0 Å². The third kappa shape index (κ3) is 3.67. The van der Waals surface area contributed by atoms with Crippen molar-refractivity contribution in [1.29, 1.82) is 0 Å². The molecule has 19 heavy (non-hydrogen) atoms. The predicted octanol–water partition coefficient (Wildman–Crippen LogP) is 0.538. The Morgan fingerprint density at radius 1 is 1.32 bits per heavy atom. The summed E-state index contributed by atoms with van der Waals surface area (Å²) in [6.45, 7) is 2.35. The number of nitrogens with one attached hydrogen (secondary N) is 1. The van der Waals surface area contributed by atoms with E-state index in [-0.39, 0.29) is 18.3 Å². The lowest BCUT2D eigenvalue weighted by atomic mass is 10.3. The van der Waals surface area contributed by atoms with Crippen LogP contribution in [-0.2, 0) is 9.59 Å². The maximum absolute atomic E-state index is 13.0. The number of carbonyl (C=O) groups is 2. The molecule has 5 nitrogen and oxygen atoms in total. The van der Waals surface area contributed by atoms with Crippen LogP contribution in [0.1, 0.15) is 0 Å². The Balaban J connectivity index is 1.80. The molecule has 102 valence electrons. The monoisotopic (exact) mass is 265 g/mol. The smallest absolute Gasteiger partial charge is 0.241 e. The summed E-state index contributed by atoms with van der Waals surface area (Å²) >= 11 is 0. The van der Waals surface area contributed by atoms with Gasteiger partial charge in [0.25, 0.3) is 0 Å². The van der Waals surface area contributed by atoms with Crippen LogP contribution in [0.2, 0.25) is 0 Å². The largest absolute Gasteiger partial charge is 0.376 e. The zero-order chi connectivity index (χ0) is 13.7. The first kappa shape index (κ1) is 13.3. The number of halogens is 1. The molecule has 0 aromatic heterocycles. The summed E-state index contributed by atoms with van der Waals surface area (Å²) in [5.74, 6) is -0.383. The van der Waals surface area contributed by atoms with Gasteiger partial charge in [0, 0.05) is 31.9 Å². The molecule has 1 aromatic carbocycles. The van der Waals surface area contributed by atoms with E-state index < -0.39 is 0 Å². The van der Waals surface area contributed by atoms with Crippen LogP contribution in [0, 0.1) is 5.82 Å². The average Bonchev–Trinajstić information content (AvgIpc) is 2.45. The van der Waals surface area contributed by atoms with Crippen LogP contribution in [0.4, 0.5) is 10.1 Å². The summed E-state index contributed by atoms with van der Waals surface area (Å²) in [6, 6.07) is 5.99. The highest BCUT2D eigenvalue weighted by Crippen LogP contribution is 2.09. The molecule has 0 aliphatic carbocycles. The van der Waals surface area contributed by atoms with Crippen molar-refractivity contribution in [3.63, 3.8) is 0 Å². The van der Waals surface area contributed by atoms with Crippen LogP contribution < -0.4 is 5.32 Å². The summed E-state index contributed by atoms with van der Waals surface area (Å²) < 4.78 is 13.0. The van der Waals surface area contributed by atoms with Crippen molar-refractivity contribution in [3.8, 4) is 0 Å². The van der Waals surface area contributed by atoms with Crippen molar-refractivity contribution in [2.45, 2.75) is 0 Å². The molecular formula is C13H16FN3O2. The number of piperazine rings is 1. The summed E-state index contributed by atoms with van der Waals surface area (Å²) in [7, 11) is 0. The van der Waals surface area contributed by atoms with E-state index in [2.05, 4.69) is 5.32 Å². The molecule has 2 amide bonds. The van der Waals surface area contributed by atoms with Gasteiger partial charge in [0.05, 0.1) is 6.54 Å². The van der Waals surface area contributed by atoms with E-state index in [0.717, 1.165) is 6.41 Å². The quantitative estimate of drug-likeness (QED) is 0.808. The number of anilines is 1. The van der Waals surface area contributed by atoms with Gasteiger partial charge in [0.1, 0.15) is 5.82 Å². The molecule has 1 fully saturated rings. The van der Waals surface area contributed by atoms with Crippen molar-refractivity contribution in [1.82, 2.24) is 9.80 Å². The maximum Gasteiger partial charge on any atom is 0.241 e. The van der Waals surface area contributed by atoms with Crippen LogP contribution in [-0.4, -0.2) is 54.8 Å². The lowest BCUT2D eigenvalue weighted by molar-refractivity contribution is -0.133. The number of carbonyl (C=O) groups excluding carboxylic acids is 2. The molecule has 0 bridgehead atoms. The van der Waals surface area contributed by atoms with Crippen molar-refractivity contribution in [2.24, 2.45) is 0 Å². The Morgan fingerprint density at radius 3 is 2.68 bits per heavy atom. The lowest BCUT2D eigenvalue weighted by Gasteiger charge is -2.32. The van der Waals surface area contributed by atoms with Crippen LogP contribution >= 0.6 is 0 Å². The molecule has 1 aliphatic heterocycles. The topological polar surface area (TPSA) is 52.7 Å². The minimum atomic E-state index is -0.336. The fourth-order valence-electron chi connectivity index (χ4n) is 1.96. The molecule has 1 aromatic rings. The average molecular weight is 265 g/mol. The second-order valence-corrected chi connectivity index (χ2v) is 4.39. The van der Waals surface area contributed by atoms with Gasteiger partial charge >= 0.3 is 0 Å². The highest BCUT2D eigenvalue weighted by molar-refractivity contribution is 5.81. The van der Waals surface area contributed by atoms with E-state index in [1.807, 2.05) is 0 Å². The van der Waals surface area contributed by atoms with Gasteiger partial charge in [0.15, 0.2) is 0 Å². The normalized spacial score (nSPS) is 15.2. The van der Waals surface area contributed by atoms with Crippen LogP contribution in [0.5, 0.6) is 0 Å². The number of rotatable bonds is 4. The van der Waals surface area contributed by atoms with Gasteiger partial charge in [-0.15, -0.1) is 0 Å². The highest BCUT2D eigenvalue weighted by atomic mass is 19.1. The minimum absolute atomic E-state index is 0.0465. The zero-order valence-electron chi connectivity index (χ0n) is 10.5. The zero-order valence-corrected chi connectivity index (χ0v) is 10.5. The number of hydrogen-bond acceptors (Lipinski definition) is 3. The number of nitrogens with zero attached hydrogens (tertiary/aromatic N) is 2. The Morgan fingerprint density at radius 2 is 2.05 bits per heavy atom. The van der Waals surface area contributed by atoms with Gasteiger partial charge in [-0.2, -0.15) is 0 Å². The van der Waals surface area contributed by atoms with Crippen molar-refractivity contribution < 1.29 is 14.0 Å². The lowest BCUT2D eigenvalue weighted by Crippen LogP contribution is -2.49. The van der Waals surface area contributed by atoms with Gasteiger partial charge in [-0.05, 0) is 18.2 Å². The van der Waals surface area contributed by atoms with Crippen LogP contribution in [0.3, 0.4) is 0 Å². The number of hydrogen-bond donors (Lipinski definition) is 1. The molecule has 1 aliphatic rings. The van der Waals surface area contributed by atoms with E-state index in [0.29, 0.717) is 31.9 Å². The van der Waals surface area contributed by atoms with Crippen molar-refractivity contribution >= 4 is 18.0 Å². The Labute approximate surface area is 111 Å². The number of benzene rings is 1. The molecule has 2 rings (SSSR count). The van der Waals surface area contributed by atoms with Crippen LogP contribution in [0.25, 0.3) is 0 Å². The predicted molar refractivity (Wildman–Crippen MR) is 69.1 cm³/mol. The van der Waals surface area contributed by atoms with Crippen molar-refractivity contribution in [2.75, 3.05) is 38.0 Å². The fourth-order valence-corrected chi connectivity index (χ4v) is 1.96. The molecule has 0 spiro atoms. The van der Waals surface area contributed by atoms with Crippen molar-refractivity contribution in [3.05, 3.63) is 30.1 Å². The fraction of sp³-hybridized carbons (Fsp3) is 0.385. The molecular weight excluding hydrogens is 249 g/mol. The van der Waals surface area contributed by atoms with Gasteiger partial charge in [-0.3, -0.25) is 9.59 Å². The van der Waals surface area contributed by atoms with Gasteiger partial charge in [0.2, 0.25) is 12.3 Å².